The summed E-state index contributed by atoms with van der Waals surface area (Å²) in [6.07, 6.45) is -0.579. The highest BCUT2D eigenvalue weighted by atomic mass is 16.6. The van der Waals surface area contributed by atoms with E-state index in [2.05, 4.69) is 0 Å². The molecule has 2 aromatic rings. The summed E-state index contributed by atoms with van der Waals surface area (Å²) in [4.78, 5) is 26.5. The number of carbonyl (C=O) groups is 2. The molecule has 1 aromatic carbocycles. The lowest BCUT2D eigenvalue weighted by Gasteiger charge is -2.24. The summed E-state index contributed by atoms with van der Waals surface area (Å²) in [7, 11) is 0. The van der Waals surface area contributed by atoms with E-state index in [9.17, 15) is 14.8 Å². The summed E-state index contributed by atoms with van der Waals surface area (Å²) >= 11 is 0. The van der Waals surface area contributed by atoms with Gasteiger partial charge in [-0.3, -0.25) is 0 Å². The first-order chi connectivity index (χ1) is 12.9. The SMILES string of the molecule is CC(C)(C)OC(=O)N(C(=O)OC(C)(C)C)c1c(-c2ccccc2)ccc[n+]1O. The van der Waals surface area contributed by atoms with Crippen LogP contribution in [0.3, 0.4) is 0 Å². The molecule has 0 aliphatic carbocycles. The first-order valence-corrected chi connectivity index (χ1v) is 8.94. The minimum atomic E-state index is -0.951. The lowest BCUT2D eigenvalue weighted by Crippen LogP contribution is -2.50. The molecule has 0 spiro atoms. The predicted molar refractivity (Wildman–Crippen MR) is 104 cm³/mol. The van der Waals surface area contributed by atoms with Gasteiger partial charge in [-0.25, -0.2) is 0 Å². The maximum absolute atomic E-state index is 12.9. The Morgan fingerprint density at radius 1 is 0.857 bits per heavy atom. The molecule has 0 atom stereocenters. The maximum Gasteiger partial charge on any atom is 0.518 e. The van der Waals surface area contributed by atoms with Crippen molar-refractivity contribution in [1.29, 1.82) is 0 Å². The molecule has 2 rings (SSSR count). The van der Waals surface area contributed by atoms with Gasteiger partial charge in [0.1, 0.15) is 17.4 Å². The van der Waals surface area contributed by atoms with Crippen LogP contribution in [0.5, 0.6) is 0 Å². The van der Waals surface area contributed by atoms with Gasteiger partial charge in [-0.2, -0.15) is 9.59 Å². The Morgan fingerprint density at radius 3 is 1.82 bits per heavy atom. The van der Waals surface area contributed by atoms with E-state index in [4.69, 9.17) is 9.47 Å². The molecule has 0 radical (unpaired) electrons. The molecule has 0 aliphatic rings. The van der Waals surface area contributed by atoms with Crippen molar-refractivity contribution in [3.63, 3.8) is 0 Å². The van der Waals surface area contributed by atoms with Gasteiger partial charge in [-0.1, -0.05) is 35.1 Å². The number of pyridine rings is 1. The number of amides is 2. The highest BCUT2D eigenvalue weighted by Crippen LogP contribution is 2.29. The zero-order valence-electron chi connectivity index (χ0n) is 17.1. The lowest BCUT2D eigenvalue weighted by atomic mass is 10.1. The molecule has 0 aliphatic heterocycles. The second-order valence-corrected chi connectivity index (χ2v) is 8.25. The topological polar surface area (TPSA) is 80.0 Å². The van der Waals surface area contributed by atoms with Crippen LogP contribution < -0.4 is 9.63 Å². The first-order valence-electron chi connectivity index (χ1n) is 8.94. The lowest BCUT2D eigenvalue weighted by molar-refractivity contribution is -0.893. The first kappa shape index (κ1) is 21.2. The summed E-state index contributed by atoms with van der Waals surface area (Å²) in [5, 5.41) is 10.5. The Balaban J connectivity index is 2.64. The van der Waals surface area contributed by atoms with E-state index in [1.165, 1.54) is 6.20 Å². The molecule has 28 heavy (non-hydrogen) atoms. The van der Waals surface area contributed by atoms with Crippen molar-refractivity contribution < 1.29 is 29.0 Å². The van der Waals surface area contributed by atoms with Crippen molar-refractivity contribution >= 4 is 18.0 Å². The molecule has 0 unspecified atom stereocenters. The molecule has 0 bridgehead atoms. The third-order valence-corrected chi connectivity index (χ3v) is 3.40. The minimum Gasteiger partial charge on any atom is -0.425 e. The Labute approximate surface area is 165 Å². The van der Waals surface area contributed by atoms with Crippen molar-refractivity contribution in [1.82, 2.24) is 0 Å². The van der Waals surface area contributed by atoms with Gasteiger partial charge < -0.3 is 14.7 Å². The Hall–Kier alpha value is -3.09. The molecule has 7 heteroatoms. The summed E-state index contributed by atoms with van der Waals surface area (Å²) in [5.41, 5.74) is -0.529. The van der Waals surface area contributed by atoms with Crippen molar-refractivity contribution in [2.24, 2.45) is 0 Å². The van der Waals surface area contributed by atoms with Gasteiger partial charge in [-0.05, 0) is 64.1 Å². The molecule has 2 amide bonds. The maximum atomic E-state index is 12.9. The zero-order valence-corrected chi connectivity index (χ0v) is 17.1. The van der Waals surface area contributed by atoms with E-state index in [1.807, 2.05) is 18.2 Å². The van der Waals surface area contributed by atoms with Crippen LogP contribution >= 0.6 is 0 Å². The quantitative estimate of drug-likeness (QED) is 0.604. The highest BCUT2D eigenvalue weighted by molar-refractivity contribution is 6.10. The number of nitrogens with zero attached hydrogens (tertiary/aromatic N) is 2. The Kier molecular flexibility index (Phi) is 5.97. The fourth-order valence-corrected chi connectivity index (χ4v) is 2.42. The Bertz CT molecular complexity index is 823. The fourth-order valence-electron chi connectivity index (χ4n) is 2.42. The van der Waals surface area contributed by atoms with Gasteiger partial charge in [-0.15, -0.1) is 0 Å². The van der Waals surface area contributed by atoms with Gasteiger partial charge in [0, 0.05) is 0 Å². The molecule has 1 heterocycles. The molecular formula is C21H27N2O5+. The molecule has 1 N–H and O–H groups in total. The van der Waals surface area contributed by atoms with Crippen LogP contribution in [-0.4, -0.2) is 28.6 Å². The van der Waals surface area contributed by atoms with E-state index in [0.717, 1.165) is 0 Å². The molecule has 0 saturated heterocycles. The van der Waals surface area contributed by atoms with Crippen LogP contribution in [0.25, 0.3) is 11.1 Å². The third-order valence-electron chi connectivity index (χ3n) is 3.40. The van der Waals surface area contributed by atoms with Crippen LogP contribution in [0.15, 0.2) is 48.7 Å². The molecule has 1 aromatic heterocycles. The van der Waals surface area contributed by atoms with E-state index in [-0.39, 0.29) is 5.82 Å². The van der Waals surface area contributed by atoms with E-state index in [0.29, 0.717) is 20.8 Å². The predicted octanol–water partition coefficient (Wildman–Crippen LogP) is 4.56. The van der Waals surface area contributed by atoms with Gasteiger partial charge >= 0.3 is 18.0 Å². The number of rotatable bonds is 2. The summed E-state index contributed by atoms with van der Waals surface area (Å²) < 4.78 is 11.5. The number of benzene rings is 1. The van der Waals surface area contributed by atoms with E-state index in [1.54, 1.807) is 65.8 Å². The second-order valence-electron chi connectivity index (χ2n) is 8.25. The van der Waals surface area contributed by atoms with Crippen molar-refractivity contribution in [3.05, 3.63) is 48.7 Å². The molecular weight excluding hydrogens is 360 g/mol. The minimum absolute atomic E-state index is 0.0720. The van der Waals surface area contributed by atoms with Gasteiger partial charge in [0.25, 0.3) is 0 Å². The monoisotopic (exact) mass is 387 g/mol. The average Bonchev–Trinajstić information content (AvgIpc) is 2.54. The van der Waals surface area contributed by atoms with Crippen molar-refractivity contribution in [2.75, 3.05) is 4.90 Å². The number of carbonyl (C=O) groups excluding carboxylic acids is 2. The summed E-state index contributed by atoms with van der Waals surface area (Å²) in [5.74, 6) is -0.0720. The van der Waals surface area contributed by atoms with Crippen molar-refractivity contribution in [2.45, 2.75) is 52.7 Å². The van der Waals surface area contributed by atoms with Crippen LogP contribution in [0.2, 0.25) is 0 Å². The zero-order chi connectivity index (χ0) is 21.1. The second kappa shape index (κ2) is 7.88. The standard InChI is InChI=1S/C21H27N2O5/c1-20(2,3)27-18(24)23(19(25)28-21(4,5)6)17-16(13-10-14-22(17)26)15-11-8-7-9-12-15/h7-14,26H,1-6H3/q+1. The van der Waals surface area contributed by atoms with Crippen molar-refractivity contribution in [3.8, 4) is 11.1 Å². The molecule has 0 fully saturated rings. The normalized spacial score (nSPS) is 11.6. The number of hydrogen-bond donors (Lipinski definition) is 1. The van der Waals surface area contributed by atoms with Gasteiger partial charge in [0.05, 0.1) is 5.56 Å². The summed E-state index contributed by atoms with van der Waals surface area (Å²) in [6, 6.07) is 12.4. The smallest absolute Gasteiger partial charge is 0.425 e. The van der Waals surface area contributed by atoms with Gasteiger partial charge in [0.2, 0.25) is 0 Å². The number of imide groups is 1. The van der Waals surface area contributed by atoms with Crippen LogP contribution in [0.4, 0.5) is 15.4 Å². The average molecular weight is 387 g/mol. The van der Waals surface area contributed by atoms with Gasteiger partial charge in [0.15, 0.2) is 0 Å². The molecule has 0 saturated carbocycles. The summed E-state index contributed by atoms with van der Waals surface area (Å²) in [6.45, 7) is 10.1. The highest BCUT2D eigenvalue weighted by Gasteiger charge is 2.44. The largest absolute Gasteiger partial charge is 0.518 e. The van der Waals surface area contributed by atoms with Crippen LogP contribution in [0, 0.1) is 0 Å². The van der Waals surface area contributed by atoms with Crippen LogP contribution in [-0.2, 0) is 9.47 Å². The molecule has 7 nitrogen and oxygen atoms in total. The Morgan fingerprint density at radius 2 is 1.36 bits per heavy atom. The van der Waals surface area contributed by atoms with Crippen LogP contribution in [0.1, 0.15) is 41.5 Å². The number of ether oxygens (including phenoxy) is 2. The number of anilines is 1. The van der Waals surface area contributed by atoms with E-state index >= 15 is 0 Å². The molecule has 150 valence electrons. The fraction of sp³-hybridized carbons (Fsp3) is 0.381. The number of hydrogen-bond acceptors (Lipinski definition) is 5. The number of aromatic nitrogens is 1. The third kappa shape index (κ3) is 5.45. The van der Waals surface area contributed by atoms with E-state index < -0.39 is 23.4 Å².